The Hall–Kier alpha value is -1.65. The molecule has 1 saturated heterocycles. The molecule has 0 N–H and O–H groups in total. The van der Waals surface area contributed by atoms with Crippen LogP contribution in [0.1, 0.15) is 39.5 Å². The first-order chi connectivity index (χ1) is 9.09. The van der Waals surface area contributed by atoms with Gasteiger partial charge < -0.3 is 4.90 Å². The molecule has 1 aliphatic heterocycles. The molecule has 0 spiro atoms. The third kappa shape index (κ3) is 3.22. The highest BCUT2D eigenvalue weighted by atomic mass is 16.6. The van der Waals surface area contributed by atoms with Crippen LogP contribution in [0, 0.1) is 16.0 Å². The zero-order valence-corrected chi connectivity index (χ0v) is 11.6. The fourth-order valence-corrected chi connectivity index (χ4v) is 2.82. The molecule has 0 radical (unpaired) electrons. The molecule has 1 aromatic heterocycles. The maximum absolute atomic E-state index is 11.1. The maximum Gasteiger partial charge on any atom is 0.311 e. The first-order valence-corrected chi connectivity index (χ1v) is 6.95. The van der Waals surface area contributed by atoms with E-state index in [2.05, 4.69) is 23.7 Å². The van der Waals surface area contributed by atoms with Gasteiger partial charge in [-0.1, -0.05) is 13.8 Å². The Balaban J connectivity index is 2.29. The number of piperidine rings is 1. The largest absolute Gasteiger partial charge is 0.348 e. The van der Waals surface area contributed by atoms with Gasteiger partial charge in [0.15, 0.2) is 0 Å². The van der Waals surface area contributed by atoms with E-state index in [-0.39, 0.29) is 10.6 Å². The Morgan fingerprint density at radius 1 is 1.53 bits per heavy atom. The van der Waals surface area contributed by atoms with Gasteiger partial charge in [-0.3, -0.25) is 10.1 Å². The Morgan fingerprint density at radius 2 is 2.32 bits per heavy atom. The Bertz CT molecular complexity index is 448. The molecule has 0 aliphatic carbocycles. The van der Waals surface area contributed by atoms with Crippen LogP contribution in [0.2, 0.25) is 0 Å². The lowest BCUT2D eigenvalue weighted by molar-refractivity contribution is -0.384. The summed E-state index contributed by atoms with van der Waals surface area (Å²) < 4.78 is 0. The smallest absolute Gasteiger partial charge is 0.311 e. The summed E-state index contributed by atoms with van der Waals surface area (Å²) >= 11 is 0. The lowest BCUT2D eigenvalue weighted by Crippen LogP contribution is -2.41. The summed E-state index contributed by atoms with van der Waals surface area (Å²) in [6.45, 7) is 5.26. The first kappa shape index (κ1) is 13.8. The van der Waals surface area contributed by atoms with Crippen molar-refractivity contribution >= 4 is 11.5 Å². The minimum Gasteiger partial charge on any atom is -0.348 e. The molecule has 1 aromatic rings. The molecule has 2 rings (SSSR count). The van der Waals surface area contributed by atoms with E-state index >= 15 is 0 Å². The van der Waals surface area contributed by atoms with Gasteiger partial charge in [-0.25, -0.2) is 4.98 Å². The summed E-state index contributed by atoms with van der Waals surface area (Å²) in [5, 5.41) is 11.1. The first-order valence-electron chi connectivity index (χ1n) is 6.95. The van der Waals surface area contributed by atoms with Gasteiger partial charge in [-0.15, -0.1) is 0 Å². The average molecular weight is 263 g/mol. The molecule has 5 nitrogen and oxygen atoms in total. The summed E-state index contributed by atoms with van der Waals surface area (Å²) in [5.74, 6) is 1.13. The van der Waals surface area contributed by atoms with E-state index in [0.717, 1.165) is 25.8 Å². The summed E-state index contributed by atoms with van der Waals surface area (Å²) in [4.78, 5) is 17.2. The fourth-order valence-electron chi connectivity index (χ4n) is 2.82. The van der Waals surface area contributed by atoms with Crippen LogP contribution in [-0.2, 0) is 0 Å². The van der Waals surface area contributed by atoms with E-state index in [1.54, 1.807) is 18.3 Å². The molecular weight excluding hydrogens is 242 g/mol. The van der Waals surface area contributed by atoms with Gasteiger partial charge in [0.2, 0.25) is 5.82 Å². The van der Waals surface area contributed by atoms with Crippen LogP contribution in [0.3, 0.4) is 0 Å². The minimum atomic E-state index is -0.330. The number of nitro groups is 1. The van der Waals surface area contributed by atoms with Crippen molar-refractivity contribution in [3.05, 3.63) is 28.4 Å². The van der Waals surface area contributed by atoms with Crippen LogP contribution in [0.15, 0.2) is 18.3 Å². The van der Waals surface area contributed by atoms with Crippen molar-refractivity contribution in [1.82, 2.24) is 4.98 Å². The average Bonchev–Trinajstić information content (AvgIpc) is 2.38. The number of rotatable bonds is 4. The third-order valence-corrected chi connectivity index (χ3v) is 3.61. The maximum atomic E-state index is 11.1. The second kappa shape index (κ2) is 5.99. The van der Waals surface area contributed by atoms with Crippen LogP contribution in [-0.4, -0.2) is 22.5 Å². The normalized spacial score (nSPS) is 19.7. The second-order valence-electron chi connectivity index (χ2n) is 5.58. The fraction of sp³-hybridized carbons (Fsp3) is 0.643. The lowest BCUT2D eigenvalue weighted by Gasteiger charge is -2.37. The number of aromatic nitrogens is 1. The van der Waals surface area contributed by atoms with E-state index < -0.39 is 0 Å². The molecule has 104 valence electrons. The predicted molar refractivity (Wildman–Crippen MR) is 75.3 cm³/mol. The van der Waals surface area contributed by atoms with Crippen LogP contribution >= 0.6 is 0 Å². The van der Waals surface area contributed by atoms with E-state index in [0.29, 0.717) is 17.8 Å². The highest BCUT2D eigenvalue weighted by molar-refractivity contribution is 5.58. The third-order valence-electron chi connectivity index (χ3n) is 3.61. The Labute approximate surface area is 113 Å². The van der Waals surface area contributed by atoms with E-state index in [1.165, 1.54) is 6.42 Å². The van der Waals surface area contributed by atoms with Crippen molar-refractivity contribution in [3.8, 4) is 0 Å². The van der Waals surface area contributed by atoms with Crippen LogP contribution in [0.5, 0.6) is 0 Å². The minimum absolute atomic E-state index is 0.123. The van der Waals surface area contributed by atoms with E-state index in [1.807, 2.05) is 0 Å². The summed E-state index contributed by atoms with van der Waals surface area (Å²) in [5.41, 5.74) is 0.123. The van der Waals surface area contributed by atoms with Crippen molar-refractivity contribution in [1.29, 1.82) is 0 Å². The summed E-state index contributed by atoms with van der Waals surface area (Å²) in [6.07, 6.45) is 6.10. The Morgan fingerprint density at radius 3 is 3.00 bits per heavy atom. The lowest BCUT2D eigenvalue weighted by atomic mass is 9.94. The zero-order chi connectivity index (χ0) is 13.8. The van der Waals surface area contributed by atoms with Gasteiger partial charge in [0.25, 0.3) is 0 Å². The van der Waals surface area contributed by atoms with Crippen molar-refractivity contribution in [2.75, 3.05) is 11.4 Å². The molecule has 0 bridgehead atoms. The standard InChI is InChI=1S/C14H21N3O2/c1-11(2)10-12-6-3-4-9-16(12)14-13(17(18)19)7-5-8-15-14/h5,7-8,11-12H,3-4,6,9-10H2,1-2H3/t12-/m1/s1. The van der Waals surface area contributed by atoms with Crippen molar-refractivity contribution < 1.29 is 4.92 Å². The molecule has 19 heavy (non-hydrogen) atoms. The van der Waals surface area contributed by atoms with Gasteiger partial charge >= 0.3 is 5.69 Å². The Kier molecular flexibility index (Phi) is 4.35. The monoisotopic (exact) mass is 263 g/mol. The molecule has 2 heterocycles. The zero-order valence-electron chi connectivity index (χ0n) is 11.6. The summed E-state index contributed by atoms with van der Waals surface area (Å²) in [7, 11) is 0. The highest BCUT2D eigenvalue weighted by Gasteiger charge is 2.29. The number of pyridine rings is 1. The highest BCUT2D eigenvalue weighted by Crippen LogP contribution is 2.32. The number of hydrogen-bond acceptors (Lipinski definition) is 4. The quantitative estimate of drug-likeness (QED) is 0.617. The van der Waals surface area contributed by atoms with Crippen LogP contribution < -0.4 is 4.90 Å². The molecule has 0 saturated carbocycles. The molecule has 1 aliphatic rings. The predicted octanol–water partition coefficient (Wildman–Crippen LogP) is 3.39. The van der Waals surface area contributed by atoms with Gasteiger partial charge in [-0.05, 0) is 37.7 Å². The van der Waals surface area contributed by atoms with Gasteiger partial charge in [0.05, 0.1) is 4.92 Å². The van der Waals surface area contributed by atoms with Crippen LogP contribution in [0.25, 0.3) is 0 Å². The molecular formula is C14H21N3O2. The van der Waals surface area contributed by atoms with Crippen molar-refractivity contribution in [2.24, 2.45) is 5.92 Å². The second-order valence-corrected chi connectivity index (χ2v) is 5.58. The van der Waals surface area contributed by atoms with Crippen molar-refractivity contribution in [3.63, 3.8) is 0 Å². The van der Waals surface area contributed by atoms with E-state index in [9.17, 15) is 10.1 Å². The van der Waals surface area contributed by atoms with Gasteiger partial charge in [0, 0.05) is 24.8 Å². The van der Waals surface area contributed by atoms with E-state index in [4.69, 9.17) is 0 Å². The number of hydrogen-bond donors (Lipinski definition) is 0. The number of nitrogens with zero attached hydrogens (tertiary/aromatic N) is 3. The van der Waals surface area contributed by atoms with Crippen LogP contribution in [0.4, 0.5) is 11.5 Å². The van der Waals surface area contributed by atoms with Gasteiger partial charge in [-0.2, -0.15) is 0 Å². The number of anilines is 1. The molecule has 0 aromatic carbocycles. The molecule has 1 fully saturated rings. The molecule has 0 unspecified atom stereocenters. The molecule has 0 amide bonds. The van der Waals surface area contributed by atoms with Crippen molar-refractivity contribution in [2.45, 2.75) is 45.6 Å². The molecule has 5 heteroatoms. The molecule has 1 atom stereocenters. The topological polar surface area (TPSA) is 59.3 Å². The van der Waals surface area contributed by atoms with Gasteiger partial charge in [0.1, 0.15) is 0 Å². The SMILES string of the molecule is CC(C)C[C@H]1CCCCN1c1ncccc1[N+](=O)[O-]. The summed E-state index contributed by atoms with van der Waals surface area (Å²) in [6, 6.07) is 3.55.